The Bertz CT molecular complexity index is 1130. The second-order valence-corrected chi connectivity index (χ2v) is 10.3. The Labute approximate surface area is 211 Å². The van der Waals surface area contributed by atoms with Gasteiger partial charge in [-0.3, -0.25) is 19.3 Å². The van der Waals surface area contributed by atoms with Gasteiger partial charge in [-0.25, -0.2) is 4.39 Å². The summed E-state index contributed by atoms with van der Waals surface area (Å²) >= 11 is 7.75. The van der Waals surface area contributed by atoms with Gasteiger partial charge in [-0.2, -0.15) is 0 Å². The van der Waals surface area contributed by atoms with Crippen LogP contribution >= 0.6 is 43.6 Å². The third-order valence-electron chi connectivity index (χ3n) is 5.22. The summed E-state index contributed by atoms with van der Waals surface area (Å²) in [5, 5.41) is -0.452. The fourth-order valence-corrected chi connectivity index (χ4v) is 5.86. The van der Waals surface area contributed by atoms with Gasteiger partial charge in [0.05, 0.1) is 13.9 Å². The van der Waals surface area contributed by atoms with Crippen molar-refractivity contribution in [2.75, 3.05) is 19.6 Å². The molecule has 0 unspecified atom stereocenters. The Hall–Kier alpha value is -2.17. The predicted octanol–water partition coefficient (Wildman–Crippen LogP) is 5.59. The number of hydrogen-bond donors (Lipinski definition) is 0. The number of carbonyl (C=O) groups excluding carboxylic acids is 3. The van der Waals surface area contributed by atoms with Crippen LogP contribution in [0.1, 0.15) is 24.0 Å². The zero-order valence-electron chi connectivity index (χ0n) is 17.4. The first-order valence-electron chi connectivity index (χ1n) is 10.2. The number of hydrogen-bond acceptors (Lipinski definition) is 5. The van der Waals surface area contributed by atoms with E-state index in [0.717, 1.165) is 29.5 Å². The second-order valence-electron chi connectivity index (χ2n) is 7.59. The van der Waals surface area contributed by atoms with Crippen molar-refractivity contribution < 1.29 is 23.5 Å². The normalized spacial score (nSPS) is 17.4. The molecule has 2 aromatic carbocycles. The number of halogens is 3. The third-order valence-corrected chi connectivity index (χ3v) is 7.30. The first kappa shape index (κ1) is 24.0. The van der Waals surface area contributed by atoms with Crippen molar-refractivity contribution in [2.24, 2.45) is 0 Å². The molecule has 172 valence electrons. The Kier molecular flexibility index (Phi) is 7.55. The van der Waals surface area contributed by atoms with Gasteiger partial charge in [0.25, 0.3) is 11.1 Å². The highest BCUT2D eigenvalue weighted by atomic mass is 79.9. The topological polar surface area (TPSA) is 66.9 Å². The van der Waals surface area contributed by atoms with Gasteiger partial charge >= 0.3 is 0 Å². The van der Waals surface area contributed by atoms with Gasteiger partial charge < -0.3 is 9.64 Å². The van der Waals surface area contributed by atoms with Crippen molar-refractivity contribution in [1.82, 2.24) is 9.80 Å². The maximum absolute atomic E-state index is 13.4. The van der Waals surface area contributed by atoms with E-state index in [1.807, 2.05) is 0 Å². The standard InChI is InChI=1S/C23H19Br2FN2O4S/c24-17-9-15(10-18(25)21(17)32-13-14-4-3-5-16(26)8-14)11-19-22(30)28(23(31)33-19)12-20(29)27-6-1-2-7-27/h3-5,8-11H,1-2,6-7,12-13H2/b19-11+. The van der Waals surface area contributed by atoms with E-state index >= 15 is 0 Å². The van der Waals surface area contributed by atoms with Crippen LogP contribution in [0.4, 0.5) is 9.18 Å². The smallest absolute Gasteiger partial charge is 0.294 e. The molecule has 2 heterocycles. The molecule has 0 aliphatic carbocycles. The van der Waals surface area contributed by atoms with E-state index in [0.29, 0.717) is 38.9 Å². The van der Waals surface area contributed by atoms with Gasteiger partial charge in [0.2, 0.25) is 5.91 Å². The van der Waals surface area contributed by atoms with Gasteiger partial charge in [-0.15, -0.1) is 0 Å². The summed E-state index contributed by atoms with van der Waals surface area (Å²) in [5.41, 5.74) is 1.36. The van der Waals surface area contributed by atoms with E-state index in [-0.39, 0.29) is 29.8 Å². The summed E-state index contributed by atoms with van der Waals surface area (Å²) < 4.78 is 20.5. The molecule has 0 saturated carbocycles. The molecule has 2 saturated heterocycles. The van der Waals surface area contributed by atoms with Crippen LogP contribution in [-0.4, -0.2) is 46.5 Å². The largest absolute Gasteiger partial charge is 0.487 e. The second kappa shape index (κ2) is 10.4. The fraction of sp³-hybridized carbons (Fsp3) is 0.261. The van der Waals surface area contributed by atoms with Gasteiger partial charge in [-0.1, -0.05) is 12.1 Å². The van der Waals surface area contributed by atoms with Gasteiger partial charge in [0.15, 0.2) is 0 Å². The highest BCUT2D eigenvalue weighted by Crippen LogP contribution is 2.38. The highest BCUT2D eigenvalue weighted by Gasteiger charge is 2.37. The molecule has 4 rings (SSSR count). The quantitative estimate of drug-likeness (QED) is 0.406. The van der Waals surface area contributed by atoms with Gasteiger partial charge in [0, 0.05) is 13.1 Å². The van der Waals surface area contributed by atoms with Gasteiger partial charge in [0.1, 0.15) is 24.7 Å². The third kappa shape index (κ3) is 5.67. The van der Waals surface area contributed by atoms with E-state index in [1.54, 1.807) is 35.2 Å². The SMILES string of the molecule is O=C(CN1C(=O)S/C(=C/c2cc(Br)c(OCc3cccc(F)c3)c(Br)c2)C1=O)N1CCCC1. The fourth-order valence-electron chi connectivity index (χ4n) is 3.57. The molecule has 2 aromatic rings. The van der Waals surface area contributed by atoms with E-state index in [4.69, 9.17) is 4.74 Å². The molecule has 2 fully saturated rings. The Morgan fingerprint density at radius 1 is 1.12 bits per heavy atom. The minimum absolute atomic E-state index is 0.179. The zero-order chi connectivity index (χ0) is 23.5. The molecule has 0 spiro atoms. The minimum atomic E-state index is -0.476. The number of imide groups is 1. The van der Waals surface area contributed by atoms with Crippen molar-refractivity contribution >= 4 is 66.8 Å². The first-order chi connectivity index (χ1) is 15.8. The summed E-state index contributed by atoms with van der Waals surface area (Å²) in [6.07, 6.45) is 3.50. The molecule has 0 radical (unpaired) electrons. The van der Waals surface area contributed by atoms with Crippen molar-refractivity contribution in [3.8, 4) is 5.75 Å². The Morgan fingerprint density at radius 3 is 2.48 bits per heavy atom. The molecule has 0 aromatic heterocycles. The minimum Gasteiger partial charge on any atom is -0.487 e. The van der Waals surface area contributed by atoms with E-state index in [2.05, 4.69) is 31.9 Å². The summed E-state index contributed by atoms with van der Waals surface area (Å²) in [4.78, 5) is 40.4. The average molecular weight is 598 g/mol. The molecule has 0 atom stereocenters. The molecular formula is C23H19Br2FN2O4S. The van der Waals surface area contributed by atoms with Crippen LogP contribution in [0.5, 0.6) is 5.75 Å². The maximum atomic E-state index is 13.4. The Balaban J connectivity index is 1.46. The van der Waals surface area contributed by atoms with Crippen LogP contribution in [0.2, 0.25) is 0 Å². The van der Waals surface area contributed by atoms with E-state index in [9.17, 15) is 18.8 Å². The van der Waals surface area contributed by atoms with Crippen LogP contribution in [-0.2, 0) is 16.2 Å². The van der Waals surface area contributed by atoms with Crippen LogP contribution in [0.25, 0.3) is 6.08 Å². The molecular weight excluding hydrogens is 579 g/mol. The predicted molar refractivity (Wildman–Crippen MR) is 131 cm³/mol. The molecule has 10 heteroatoms. The molecule has 0 N–H and O–H groups in total. The first-order valence-corrected chi connectivity index (χ1v) is 12.6. The lowest BCUT2D eigenvalue weighted by molar-refractivity contribution is -0.135. The van der Waals surface area contributed by atoms with Crippen molar-refractivity contribution in [3.05, 3.63) is 67.2 Å². The summed E-state index contributed by atoms with van der Waals surface area (Å²) in [6, 6.07) is 9.68. The van der Waals surface area contributed by atoms with Crippen LogP contribution in [0.15, 0.2) is 50.2 Å². The Morgan fingerprint density at radius 2 is 1.82 bits per heavy atom. The lowest BCUT2D eigenvalue weighted by Crippen LogP contribution is -2.40. The highest BCUT2D eigenvalue weighted by molar-refractivity contribution is 9.11. The van der Waals surface area contributed by atoms with Crippen LogP contribution in [0, 0.1) is 5.82 Å². The number of amides is 3. The molecule has 2 aliphatic rings. The number of carbonyl (C=O) groups is 3. The van der Waals surface area contributed by atoms with Crippen LogP contribution < -0.4 is 4.74 Å². The maximum Gasteiger partial charge on any atom is 0.294 e. The van der Waals surface area contributed by atoms with Crippen molar-refractivity contribution in [3.63, 3.8) is 0 Å². The number of benzene rings is 2. The average Bonchev–Trinajstić information content (AvgIpc) is 3.38. The van der Waals surface area contributed by atoms with E-state index < -0.39 is 11.1 Å². The summed E-state index contributed by atoms with van der Waals surface area (Å²) in [5.74, 6) is -0.487. The number of likely N-dealkylation sites (tertiary alicyclic amines) is 1. The molecule has 2 aliphatic heterocycles. The number of ether oxygens (including phenoxy) is 1. The zero-order valence-corrected chi connectivity index (χ0v) is 21.3. The number of thioether (sulfide) groups is 1. The monoisotopic (exact) mass is 596 g/mol. The van der Waals surface area contributed by atoms with Crippen molar-refractivity contribution in [2.45, 2.75) is 19.4 Å². The number of nitrogens with zero attached hydrogens (tertiary/aromatic N) is 2. The lowest BCUT2D eigenvalue weighted by atomic mass is 10.2. The molecule has 6 nitrogen and oxygen atoms in total. The number of rotatable bonds is 6. The van der Waals surface area contributed by atoms with Crippen molar-refractivity contribution in [1.29, 1.82) is 0 Å². The lowest BCUT2D eigenvalue weighted by Gasteiger charge is -2.18. The van der Waals surface area contributed by atoms with Crippen LogP contribution in [0.3, 0.4) is 0 Å². The summed E-state index contributed by atoms with van der Waals surface area (Å²) in [6.45, 7) is 1.28. The molecule has 33 heavy (non-hydrogen) atoms. The van der Waals surface area contributed by atoms with Gasteiger partial charge in [-0.05, 0) is 97.9 Å². The molecule has 3 amide bonds. The molecule has 0 bridgehead atoms. The summed E-state index contributed by atoms with van der Waals surface area (Å²) in [7, 11) is 0. The van der Waals surface area contributed by atoms with E-state index in [1.165, 1.54) is 12.1 Å².